The molecule has 0 unspecified atom stereocenters. The first-order valence-electron chi connectivity index (χ1n) is 13.6. The van der Waals surface area contributed by atoms with Crippen molar-refractivity contribution >= 4 is 33.8 Å². The van der Waals surface area contributed by atoms with Gasteiger partial charge in [-0.15, -0.1) is 11.3 Å². The molecule has 1 aromatic carbocycles. The van der Waals surface area contributed by atoms with Crippen LogP contribution >= 0.6 is 11.3 Å². The second-order valence-electron chi connectivity index (χ2n) is 10.7. The monoisotopic (exact) mass is 554 g/mol. The van der Waals surface area contributed by atoms with Crippen LogP contribution in [0.2, 0.25) is 0 Å². The van der Waals surface area contributed by atoms with E-state index in [0.29, 0.717) is 0 Å². The van der Waals surface area contributed by atoms with Gasteiger partial charge < -0.3 is 14.7 Å². The smallest absolute Gasteiger partial charge is 0.185 e. The summed E-state index contributed by atoms with van der Waals surface area (Å²) < 4.78 is 2.01. The second kappa shape index (κ2) is 11.3. The molecule has 4 aromatic heterocycles. The molecule has 8 nitrogen and oxygen atoms in total. The highest BCUT2D eigenvalue weighted by Gasteiger charge is 2.21. The van der Waals surface area contributed by atoms with Crippen molar-refractivity contribution in [3.8, 4) is 22.4 Å². The van der Waals surface area contributed by atoms with Gasteiger partial charge in [-0.3, -0.25) is 0 Å². The van der Waals surface area contributed by atoms with Crippen LogP contribution < -0.4 is 14.7 Å². The highest BCUT2D eigenvalue weighted by atomic mass is 32.1. The molecular formula is C31H38N8S. The minimum Gasteiger partial charge on any atom is -0.363 e. The second-order valence-corrected chi connectivity index (χ2v) is 11.6. The molecule has 0 radical (unpaired) electrons. The summed E-state index contributed by atoms with van der Waals surface area (Å²) in [4.78, 5) is 20.9. The maximum absolute atomic E-state index is 5.01. The van der Waals surface area contributed by atoms with Gasteiger partial charge in [-0.25, -0.2) is 15.0 Å². The summed E-state index contributed by atoms with van der Waals surface area (Å²) in [6.45, 7) is 10.1. The Labute approximate surface area is 241 Å². The first kappa shape index (κ1) is 27.6. The summed E-state index contributed by atoms with van der Waals surface area (Å²) in [5, 5.41) is 8.14. The minimum absolute atomic E-state index is 0.777. The van der Waals surface area contributed by atoms with Crippen molar-refractivity contribution in [2.24, 2.45) is 0 Å². The van der Waals surface area contributed by atoms with Crippen LogP contribution in [-0.4, -0.2) is 59.3 Å². The topological polar surface area (TPSA) is 65.7 Å². The third kappa shape index (κ3) is 5.38. The molecule has 40 heavy (non-hydrogen) atoms. The van der Waals surface area contributed by atoms with Gasteiger partial charge in [0.05, 0.1) is 17.0 Å². The Bertz CT molecular complexity index is 1630. The van der Waals surface area contributed by atoms with E-state index in [9.17, 15) is 0 Å². The molecule has 5 rings (SSSR count). The minimum atomic E-state index is 0.777. The highest BCUT2D eigenvalue weighted by molar-refractivity contribution is 7.14. The first-order chi connectivity index (χ1) is 19.2. The highest BCUT2D eigenvalue weighted by Crippen LogP contribution is 2.33. The van der Waals surface area contributed by atoms with Crippen molar-refractivity contribution < 1.29 is 0 Å². The van der Waals surface area contributed by atoms with Crippen LogP contribution in [0.3, 0.4) is 0 Å². The van der Waals surface area contributed by atoms with Crippen LogP contribution in [0.25, 0.3) is 28.0 Å². The number of anilines is 3. The van der Waals surface area contributed by atoms with Crippen LogP contribution in [0.4, 0.5) is 16.8 Å². The largest absolute Gasteiger partial charge is 0.363 e. The Balaban J connectivity index is 1.51. The summed E-state index contributed by atoms with van der Waals surface area (Å²) in [7, 11) is 8.06. The number of nitrogens with zero attached hydrogens (tertiary/aromatic N) is 8. The van der Waals surface area contributed by atoms with E-state index >= 15 is 0 Å². The van der Waals surface area contributed by atoms with Gasteiger partial charge in [0.1, 0.15) is 11.6 Å². The number of benzene rings is 1. The molecule has 0 aliphatic rings. The summed E-state index contributed by atoms with van der Waals surface area (Å²) in [5.74, 6) is 1.99. The van der Waals surface area contributed by atoms with Gasteiger partial charge in [0.2, 0.25) is 0 Å². The Morgan fingerprint density at radius 1 is 0.925 bits per heavy atom. The standard InChI is InChI=1S/C31H38N8S/c1-9-14-38(18-23-10-12-24(13-11-23)26-19-40-31(34-26)37(7)8)28-16-21(3)33-30-29(22(4)35-39(28)30)25-17-32-27(36(5)6)15-20(25)2/h10-13,15-17,19H,9,14,18H2,1-8H3. The molecule has 0 aliphatic carbocycles. The third-order valence-electron chi connectivity index (χ3n) is 7.01. The number of rotatable bonds is 9. The summed E-state index contributed by atoms with van der Waals surface area (Å²) in [6, 6.07) is 13.0. The van der Waals surface area contributed by atoms with Gasteiger partial charge in [-0.1, -0.05) is 31.2 Å². The maximum atomic E-state index is 5.01. The molecule has 5 aromatic rings. The van der Waals surface area contributed by atoms with Crippen molar-refractivity contribution in [1.82, 2.24) is 24.6 Å². The predicted octanol–water partition coefficient (Wildman–Crippen LogP) is 6.39. The van der Waals surface area contributed by atoms with E-state index in [1.165, 1.54) is 5.56 Å². The lowest BCUT2D eigenvalue weighted by Gasteiger charge is -2.25. The van der Waals surface area contributed by atoms with E-state index in [0.717, 1.165) is 81.3 Å². The molecule has 0 bridgehead atoms. The molecule has 0 spiro atoms. The first-order valence-corrected chi connectivity index (χ1v) is 14.5. The Morgan fingerprint density at radius 2 is 1.68 bits per heavy atom. The van der Waals surface area contributed by atoms with Crippen molar-refractivity contribution in [2.45, 2.75) is 40.7 Å². The van der Waals surface area contributed by atoms with Crippen molar-refractivity contribution in [1.29, 1.82) is 0 Å². The van der Waals surface area contributed by atoms with Crippen LogP contribution in [-0.2, 0) is 6.54 Å². The quantitative estimate of drug-likeness (QED) is 0.209. The van der Waals surface area contributed by atoms with E-state index in [1.807, 2.05) is 48.7 Å². The van der Waals surface area contributed by atoms with Crippen LogP contribution in [0, 0.1) is 20.8 Å². The van der Waals surface area contributed by atoms with Gasteiger partial charge in [0.25, 0.3) is 0 Å². The van der Waals surface area contributed by atoms with Gasteiger partial charge in [0, 0.05) is 75.7 Å². The third-order valence-corrected chi connectivity index (χ3v) is 8.02. The number of thiazole rings is 1. The number of aromatic nitrogens is 5. The zero-order valence-corrected chi connectivity index (χ0v) is 25.5. The van der Waals surface area contributed by atoms with Crippen LogP contribution in [0.15, 0.2) is 48.0 Å². The molecule has 0 saturated heterocycles. The number of pyridine rings is 1. The number of aryl methyl sites for hydroxylation is 3. The fourth-order valence-corrected chi connectivity index (χ4v) is 5.73. The summed E-state index contributed by atoms with van der Waals surface area (Å²) in [6.07, 6.45) is 2.97. The molecular weight excluding hydrogens is 516 g/mol. The van der Waals surface area contributed by atoms with Crippen LogP contribution in [0.5, 0.6) is 0 Å². The van der Waals surface area contributed by atoms with E-state index < -0.39 is 0 Å². The molecule has 0 fully saturated rings. The zero-order valence-electron chi connectivity index (χ0n) is 24.7. The number of fused-ring (bicyclic) bond motifs is 1. The van der Waals surface area contributed by atoms with Gasteiger partial charge in [0.15, 0.2) is 10.8 Å². The number of hydrogen-bond donors (Lipinski definition) is 0. The van der Waals surface area contributed by atoms with E-state index in [1.54, 1.807) is 11.3 Å². The normalized spacial score (nSPS) is 11.3. The predicted molar refractivity (Wildman–Crippen MR) is 168 cm³/mol. The molecule has 0 saturated carbocycles. The molecule has 0 amide bonds. The fraction of sp³-hybridized carbons (Fsp3) is 0.355. The Kier molecular flexibility index (Phi) is 7.76. The van der Waals surface area contributed by atoms with Crippen molar-refractivity contribution in [3.63, 3.8) is 0 Å². The Morgan fingerprint density at radius 3 is 2.30 bits per heavy atom. The summed E-state index contributed by atoms with van der Waals surface area (Å²) >= 11 is 1.66. The average Bonchev–Trinajstić information content (AvgIpc) is 3.53. The molecule has 0 atom stereocenters. The molecule has 9 heteroatoms. The Hall–Kier alpha value is -3.98. The average molecular weight is 555 g/mol. The number of hydrogen-bond acceptors (Lipinski definition) is 8. The fourth-order valence-electron chi connectivity index (χ4n) is 4.96. The lowest BCUT2D eigenvalue weighted by atomic mass is 10.0. The lowest BCUT2D eigenvalue weighted by molar-refractivity contribution is 0.728. The molecule has 0 N–H and O–H groups in total. The maximum Gasteiger partial charge on any atom is 0.185 e. The van der Waals surface area contributed by atoms with E-state index in [2.05, 4.69) is 74.4 Å². The van der Waals surface area contributed by atoms with Crippen LogP contribution in [0.1, 0.15) is 35.9 Å². The zero-order chi connectivity index (χ0) is 28.6. The van der Waals surface area contributed by atoms with Gasteiger partial charge in [-0.2, -0.15) is 9.61 Å². The van der Waals surface area contributed by atoms with Crippen molar-refractivity contribution in [3.05, 3.63) is 70.5 Å². The SMILES string of the molecule is CCCN(Cc1ccc(-c2csc(N(C)C)n2)cc1)c1cc(C)nc2c(-c3cnc(N(C)C)cc3C)c(C)nn12. The van der Waals surface area contributed by atoms with E-state index in [4.69, 9.17) is 20.1 Å². The molecule has 4 heterocycles. The lowest BCUT2D eigenvalue weighted by Crippen LogP contribution is -2.26. The van der Waals surface area contributed by atoms with Gasteiger partial charge in [-0.05, 0) is 44.4 Å². The summed E-state index contributed by atoms with van der Waals surface area (Å²) in [5.41, 5.74) is 9.44. The van der Waals surface area contributed by atoms with Gasteiger partial charge >= 0.3 is 0 Å². The molecule has 0 aliphatic heterocycles. The molecule has 208 valence electrons. The van der Waals surface area contributed by atoms with E-state index in [-0.39, 0.29) is 0 Å². The van der Waals surface area contributed by atoms with Crippen molar-refractivity contribution in [2.75, 3.05) is 49.4 Å².